The highest BCUT2D eigenvalue weighted by molar-refractivity contribution is 6.34. The highest BCUT2D eigenvalue weighted by atomic mass is 35.5. The molecule has 2 aromatic rings. The topological polar surface area (TPSA) is 26.3 Å². The number of carbonyl (C=O) groups is 1. The van der Waals surface area contributed by atoms with E-state index in [2.05, 4.69) is 0 Å². The van der Waals surface area contributed by atoms with Crippen molar-refractivity contribution >= 4 is 35.1 Å². The van der Waals surface area contributed by atoms with Gasteiger partial charge in [-0.15, -0.1) is 0 Å². The maximum Gasteiger partial charge on any atom is 0.399 e. The molecule has 2 aromatic carbocycles. The van der Waals surface area contributed by atoms with E-state index in [1.54, 1.807) is 25.1 Å². The Bertz CT molecular complexity index is 944. The number of carbonyl (C=O) groups excluding carboxylic acids is 1. The molecule has 0 saturated carbocycles. The van der Waals surface area contributed by atoms with Crippen LogP contribution in [0.25, 0.3) is 6.08 Å². The Morgan fingerprint density at radius 3 is 2.48 bits per heavy atom. The molecule has 1 saturated heterocycles. The maximum absolute atomic E-state index is 13.6. The molecule has 1 fully saturated rings. The number of ether oxygens (including phenoxy) is 1. The van der Waals surface area contributed by atoms with Crippen LogP contribution in [0, 0.1) is 6.92 Å². The van der Waals surface area contributed by atoms with Gasteiger partial charge in [0.2, 0.25) is 0 Å². The van der Waals surface area contributed by atoms with Crippen LogP contribution in [0.15, 0.2) is 42.5 Å². The van der Waals surface area contributed by atoms with Crippen molar-refractivity contribution in [2.24, 2.45) is 0 Å². The van der Waals surface area contributed by atoms with Crippen molar-refractivity contribution in [3.05, 3.63) is 74.8 Å². The average Bonchev–Trinajstić information content (AvgIpc) is 3.18. The van der Waals surface area contributed by atoms with Gasteiger partial charge in [0.1, 0.15) is 0 Å². The molecule has 0 amide bonds. The van der Waals surface area contributed by atoms with Crippen molar-refractivity contribution in [2.45, 2.75) is 50.8 Å². The van der Waals surface area contributed by atoms with Crippen molar-refractivity contribution in [1.82, 2.24) is 0 Å². The summed E-state index contributed by atoms with van der Waals surface area (Å²) in [6, 6.07) is 8.96. The fourth-order valence-corrected chi connectivity index (χ4v) is 4.32. The van der Waals surface area contributed by atoms with Gasteiger partial charge < -0.3 is 4.74 Å². The lowest BCUT2D eigenvalue weighted by Gasteiger charge is -2.18. The average molecular weight is 471 g/mol. The smallest absolute Gasteiger partial charge is 0.378 e. The number of rotatable bonds is 7. The second kappa shape index (κ2) is 10.2. The van der Waals surface area contributed by atoms with E-state index in [0.717, 1.165) is 31.1 Å². The molecule has 2 nitrogen and oxygen atoms in total. The zero-order chi connectivity index (χ0) is 22.6. The number of benzene rings is 2. The minimum atomic E-state index is -4.50. The summed E-state index contributed by atoms with van der Waals surface area (Å²) >= 11 is 11.8. The minimum absolute atomic E-state index is 0.0188. The Hall–Kier alpha value is -1.82. The molecule has 3 rings (SSSR count). The summed E-state index contributed by atoms with van der Waals surface area (Å²) in [5, 5.41) is 0.290. The van der Waals surface area contributed by atoms with Crippen molar-refractivity contribution < 1.29 is 22.7 Å². The molecule has 7 heteroatoms. The molecular weight excluding hydrogens is 448 g/mol. The van der Waals surface area contributed by atoms with Gasteiger partial charge in [0.25, 0.3) is 0 Å². The van der Waals surface area contributed by atoms with Crippen LogP contribution >= 0.6 is 23.2 Å². The van der Waals surface area contributed by atoms with Crippen LogP contribution < -0.4 is 0 Å². The second-order valence-corrected chi connectivity index (χ2v) is 8.63. The number of alkyl halides is 3. The molecule has 0 N–H and O–H groups in total. The van der Waals surface area contributed by atoms with Crippen molar-refractivity contribution in [2.75, 3.05) is 6.61 Å². The predicted molar refractivity (Wildman–Crippen MR) is 118 cm³/mol. The van der Waals surface area contributed by atoms with Gasteiger partial charge in [-0.3, -0.25) is 4.79 Å². The first-order valence-electron chi connectivity index (χ1n) is 10.1. The number of Topliss-reactive ketones (excluding diaryl/α,β-unsaturated/α-hetero) is 1. The SMILES string of the molecule is Cc1cc(/C=C/C(c2cc(Cl)cc(Cl)c2)C(F)(F)F)ccc1C(=O)CCC1CCCO1. The molecule has 166 valence electrons. The second-order valence-electron chi connectivity index (χ2n) is 7.75. The summed E-state index contributed by atoms with van der Waals surface area (Å²) in [7, 11) is 0. The maximum atomic E-state index is 13.6. The zero-order valence-electron chi connectivity index (χ0n) is 17.0. The highest BCUT2D eigenvalue weighted by Crippen LogP contribution is 2.38. The molecular formula is C24H23Cl2F3O2. The van der Waals surface area contributed by atoms with Gasteiger partial charge in [-0.25, -0.2) is 0 Å². The molecule has 1 heterocycles. The lowest BCUT2D eigenvalue weighted by atomic mass is 9.95. The highest BCUT2D eigenvalue weighted by Gasteiger charge is 2.39. The van der Waals surface area contributed by atoms with Gasteiger partial charge in [0, 0.05) is 28.6 Å². The first-order chi connectivity index (χ1) is 14.6. The fourth-order valence-electron chi connectivity index (χ4n) is 3.77. The van der Waals surface area contributed by atoms with E-state index in [1.807, 2.05) is 0 Å². The zero-order valence-corrected chi connectivity index (χ0v) is 18.5. The van der Waals surface area contributed by atoms with E-state index in [-0.39, 0.29) is 27.5 Å². The van der Waals surface area contributed by atoms with Crippen LogP contribution in [-0.4, -0.2) is 24.7 Å². The van der Waals surface area contributed by atoms with E-state index in [4.69, 9.17) is 27.9 Å². The van der Waals surface area contributed by atoms with Crippen molar-refractivity contribution in [3.63, 3.8) is 0 Å². The molecule has 0 aliphatic carbocycles. The third-order valence-electron chi connectivity index (χ3n) is 5.35. The van der Waals surface area contributed by atoms with Crippen molar-refractivity contribution in [1.29, 1.82) is 0 Å². The van der Waals surface area contributed by atoms with Gasteiger partial charge in [0.15, 0.2) is 5.78 Å². The van der Waals surface area contributed by atoms with E-state index in [1.165, 1.54) is 24.3 Å². The molecule has 2 unspecified atom stereocenters. The first-order valence-corrected chi connectivity index (χ1v) is 10.9. The molecule has 0 spiro atoms. The molecule has 0 aromatic heterocycles. The Balaban J connectivity index is 1.75. The monoisotopic (exact) mass is 470 g/mol. The van der Waals surface area contributed by atoms with Crippen LogP contribution in [0.2, 0.25) is 10.0 Å². The summed E-state index contributed by atoms with van der Waals surface area (Å²) < 4.78 is 46.5. The van der Waals surface area contributed by atoms with Crippen LogP contribution in [0.4, 0.5) is 13.2 Å². The van der Waals surface area contributed by atoms with E-state index < -0.39 is 12.1 Å². The van der Waals surface area contributed by atoms with Gasteiger partial charge in [-0.2, -0.15) is 13.2 Å². The van der Waals surface area contributed by atoms with Gasteiger partial charge in [-0.05, 0) is 61.1 Å². The van der Waals surface area contributed by atoms with E-state index >= 15 is 0 Å². The molecule has 1 aliphatic heterocycles. The molecule has 2 atom stereocenters. The van der Waals surface area contributed by atoms with Crippen LogP contribution in [0.5, 0.6) is 0 Å². The fraction of sp³-hybridized carbons (Fsp3) is 0.375. The number of allylic oxidation sites excluding steroid dienone is 1. The molecule has 31 heavy (non-hydrogen) atoms. The number of hydrogen-bond acceptors (Lipinski definition) is 2. The molecule has 0 radical (unpaired) electrons. The standard InChI is InChI=1S/C24H23Cl2F3O2/c1-15-11-16(4-7-21(15)23(30)9-6-20-3-2-10-31-20)5-8-22(24(27,28)29)17-12-18(25)14-19(26)13-17/h4-5,7-8,11-14,20,22H,2-3,6,9-10H2,1H3/b8-5+. The van der Waals surface area contributed by atoms with Crippen LogP contribution in [0.3, 0.4) is 0 Å². The van der Waals surface area contributed by atoms with Gasteiger partial charge >= 0.3 is 6.18 Å². The van der Waals surface area contributed by atoms with E-state index in [0.29, 0.717) is 24.0 Å². The predicted octanol–water partition coefficient (Wildman–Crippen LogP) is 7.80. The third-order valence-corrected chi connectivity index (χ3v) is 5.78. The molecule has 1 aliphatic rings. The Morgan fingerprint density at radius 2 is 1.90 bits per heavy atom. The first kappa shape index (κ1) is 23.8. The quantitative estimate of drug-likeness (QED) is 0.385. The summed E-state index contributed by atoms with van der Waals surface area (Å²) in [6.45, 7) is 2.54. The summed E-state index contributed by atoms with van der Waals surface area (Å²) in [5.41, 5.74) is 1.87. The Labute approximate surface area is 190 Å². The Kier molecular flexibility index (Phi) is 7.84. The van der Waals surface area contributed by atoms with Gasteiger partial charge in [0.05, 0.1) is 12.0 Å². The lowest BCUT2D eigenvalue weighted by molar-refractivity contribution is -0.139. The summed E-state index contributed by atoms with van der Waals surface area (Å²) in [5.74, 6) is -1.83. The van der Waals surface area contributed by atoms with E-state index in [9.17, 15) is 18.0 Å². The number of aryl methyl sites for hydroxylation is 1. The lowest BCUT2D eigenvalue weighted by Crippen LogP contribution is -2.18. The number of halogens is 5. The summed E-state index contributed by atoms with van der Waals surface area (Å²) in [4.78, 5) is 12.5. The van der Waals surface area contributed by atoms with Crippen LogP contribution in [0.1, 0.15) is 58.6 Å². The van der Waals surface area contributed by atoms with Crippen LogP contribution in [-0.2, 0) is 4.74 Å². The number of ketones is 1. The number of hydrogen-bond donors (Lipinski definition) is 0. The normalized spacial score (nSPS) is 17.9. The third kappa shape index (κ3) is 6.58. The largest absolute Gasteiger partial charge is 0.399 e. The van der Waals surface area contributed by atoms with Gasteiger partial charge in [-0.1, -0.05) is 53.6 Å². The van der Waals surface area contributed by atoms with Crippen molar-refractivity contribution in [3.8, 4) is 0 Å². The Morgan fingerprint density at radius 1 is 1.19 bits per heavy atom. The minimum Gasteiger partial charge on any atom is -0.378 e. The molecule has 0 bridgehead atoms. The summed E-state index contributed by atoms with van der Waals surface area (Å²) in [6.07, 6.45) is 1.22.